The number of likely N-dealkylation sites (N-methyl/N-ethyl adjacent to an activating group) is 1. The number of anilines is 1. The topological polar surface area (TPSA) is 86.8 Å². The van der Waals surface area contributed by atoms with Crippen molar-refractivity contribution in [1.29, 1.82) is 0 Å². The summed E-state index contributed by atoms with van der Waals surface area (Å²) in [4.78, 5) is 28.7. The molecule has 0 aromatic carbocycles. The number of amides is 1. The van der Waals surface area contributed by atoms with Crippen LogP contribution in [0.5, 0.6) is 0 Å². The number of aromatic amines is 1. The SMILES string of the molecule is CCCN(CC(=O)NC)c1nc(Cl)nc2nc[nH]c12. The molecule has 2 rings (SSSR count). The highest BCUT2D eigenvalue weighted by molar-refractivity contribution is 6.28. The Kier molecular flexibility index (Phi) is 4.16. The fourth-order valence-electron chi connectivity index (χ4n) is 1.80. The van der Waals surface area contributed by atoms with E-state index in [1.807, 2.05) is 11.8 Å². The summed E-state index contributed by atoms with van der Waals surface area (Å²) >= 11 is 5.89. The molecule has 0 spiro atoms. The fourth-order valence-corrected chi connectivity index (χ4v) is 1.96. The molecular weight excluding hydrogens is 268 g/mol. The van der Waals surface area contributed by atoms with E-state index in [0.29, 0.717) is 23.5 Å². The highest BCUT2D eigenvalue weighted by Gasteiger charge is 2.17. The maximum Gasteiger partial charge on any atom is 0.239 e. The van der Waals surface area contributed by atoms with Crippen LogP contribution in [0.2, 0.25) is 5.28 Å². The fraction of sp³-hybridized carbons (Fsp3) is 0.455. The number of carbonyl (C=O) groups excluding carboxylic acids is 1. The van der Waals surface area contributed by atoms with Gasteiger partial charge in [0.05, 0.1) is 12.9 Å². The molecule has 0 radical (unpaired) electrons. The number of rotatable bonds is 5. The highest BCUT2D eigenvalue weighted by Crippen LogP contribution is 2.22. The molecule has 0 bridgehead atoms. The van der Waals surface area contributed by atoms with Crippen molar-refractivity contribution in [1.82, 2.24) is 25.3 Å². The van der Waals surface area contributed by atoms with Crippen LogP contribution in [0, 0.1) is 0 Å². The zero-order valence-corrected chi connectivity index (χ0v) is 11.5. The second-order valence-corrected chi connectivity index (χ2v) is 4.35. The van der Waals surface area contributed by atoms with Crippen molar-refractivity contribution in [2.24, 2.45) is 0 Å². The zero-order chi connectivity index (χ0) is 13.8. The summed E-state index contributed by atoms with van der Waals surface area (Å²) in [5.41, 5.74) is 1.18. The Morgan fingerprint density at radius 2 is 2.32 bits per heavy atom. The minimum absolute atomic E-state index is 0.0872. The summed E-state index contributed by atoms with van der Waals surface area (Å²) in [6.07, 6.45) is 2.41. The van der Waals surface area contributed by atoms with E-state index < -0.39 is 0 Å². The van der Waals surface area contributed by atoms with Crippen molar-refractivity contribution in [3.8, 4) is 0 Å². The Balaban J connectivity index is 2.42. The third-order valence-corrected chi connectivity index (χ3v) is 2.81. The third-order valence-electron chi connectivity index (χ3n) is 2.65. The first-order valence-electron chi connectivity index (χ1n) is 5.97. The van der Waals surface area contributed by atoms with Crippen LogP contribution >= 0.6 is 11.6 Å². The Labute approximate surface area is 115 Å². The van der Waals surface area contributed by atoms with Gasteiger partial charge in [-0.15, -0.1) is 0 Å². The van der Waals surface area contributed by atoms with Crippen LogP contribution in [0.3, 0.4) is 0 Å². The van der Waals surface area contributed by atoms with E-state index in [1.54, 1.807) is 7.05 Å². The lowest BCUT2D eigenvalue weighted by atomic mass is 10.3. The van der Waals surface area contributed by atoms with Gasteiger partial charge in [-0.05, 0) is 18.0 Å². The number of imidazole rings is 1. The number of carbonyl (C=O) groups is 1. The first-order valence-corrected chi connectivity index (χ1v) is 6.35. The van der Waals surface area contributed by atoms with E-state index in [-0.39, 0.29) is 17.7 Å². The van der Waals surface area contributed by atoms with Gasteiger partial charge in [0.2, 0.25) is 11.2 Å². The quantitative estimate of drug-likeness (QED) is 0.798. The average Bonchev–Trinajstić information content (AvgIpc) is 2.85. The van der Waals surface area contributed by atoms with Crippen molar-refractivity contribution >= 4 is 34.5 Å². The lowest BCUT2D eigenvalue weighted by Crippen LogP contribution is -2.36. The molecule has 0 aliphatic rings. The molecule has 0 saturated heterocycles. The van der Waals surface area contributed by atoms with Gasteiger partial charge in [0.1, 0.15) is 5.52 Å². The Morgan fingerprint density at radius 1 is 1.53 bits per heavy atom. The van der Waals surface area contributed by atoms with Gasteiger partial charge >= 0.3 is 0 Å². The second-order valence-electron chi connectivity index (χ2n) is 4.01. The summed E-state index contributed by atoms with van der Waals surface area (Å²) in [6, 6.07) is 0. The molecule has 2 N–H and O–H groups in total. The van der Waals surface area contributed by atoms with Gasteiger partial charge in [0.25, 0.3) is 0 Å². The molecule has 2 aromatic heterocycles. The average molecular weight is 283 g/mol. The molecule has 0 aliphatic carbocycles. The van der Waals surface area contributed by atoms with E-state index >= 15 is 0 Å². The van der Waals surface area contributed by atoms with Crippen molar-refractivity contribution in [3.05, 3.63) is 11.6 Å². The molecular formula is C11H15ClN6O. The summed E-state index contributed by atoms with van der Waals surface area (Å²) < 4.78 is 0. The number of aromatic nitrogens is 4. The molecule has 102 valence electrons. The van der Waals surface area contributed by atoms with Gasteiger partial charge in [-0.25, -0.2) is 4.98 Å². The van der Waals surface area contributed by atoms with Gasteiger partial charge in [0, 0.05) is 13.6 Å². The molecule has 0 aliphatic heterocycles. The summed E-state index contributed by atoms with van der Waals surface area (Å²) in [6.45, 7) is 2.94. The zero-order valence-electron chi connectivity index (χ0n) is 10.8. The number of fused-ring (bicyclic) bond motifs is 1. The highest BCUT2D eigenvalue weighted by atomic mass is 35.5. The van der Waals surface area contributed by atoms with E-state index in [0.717, 1.165) is 6.42 Å². The molecule has 2 aromatic rings. The third kappa shape index (κ3) is 2.93. The lowest BCUT2D eigenvalue weighted by Gasteiger charge is -2.22. The van der Waals surface area contributed by atoms with Crippen molar-refractivity contribution < 1.29 is 4.79 Å². The van der Waals surface area contributed by atoms with Gasteiger partial charge < -0.3 is 15.2 Å². The smallest absolute Gasteiger partial charge is 0.239 e. The first-order chi connectivity index (χ1) is 9.15. The maximum absolute atomic E-state index is 11.6. The predicted molar refractivity (Wildman–Crippen MR) is 73.3 cm³/mol. The number of halogens is 1. The van der Waals surface area contributed by atoms with Crippen LogP contribution in [0.1, 0.15) is 13.3 Å². The lowest BCUT2D eigenvalue weighted by molar-refractivity contribution is -0.119. The number of nitrogens with one attached hydrogen (secondary N) is 2. The van der Waals surface area contributed by atoms with Gasteiger partial charge in [-0.2, -0.15) is 9.97 Å². The predicted octanol–water partition coefficient (Wildman–Crippen LogP) is 0.969. The monoisotopic (exact) mass is 282 g/mol. The normalized spacial score (nSPS) is 10.7. The largest absolute Gasteiger partial charge is 0.358 e. The van der Waals surface area contributed by atoms with E-state index in [1.165, 1.54) is 6.33 Å². The molecule has 1 amide bonds. The van der Waals surface area contributed by atoms with E-state index in [4.69, 9.17) is 11.6 Å². The van der Waals surface area contributed by atoms with Crippen LogP contribution in [0.15, 0.2) is 6.33 Å². The number of H-pyrrole nitrogens is 1. The van der Waals surface area contributed by atoms with Crippen LogP contribution in [0.4, 0.5) is 5.82 Å². The van der Waals surface area contributed by atoms with Crippen LogP contribution in [-0.2, 0) is 4.79 Å². The van der Waals surface area contributed by atoms with Gasteiger partial charge in [-0.3, -0.25) is 4.79 Å². The van der Waals surface area contributed by atoms with E-state index in [9.17, 15) is 4.79 Å². The molecule has 19 heavy (non-hydrogen) atoms. The molecule has 7 nitrogen and oxygen atoms in total. The summed E-state index contributed by atoms with van der Waals surface area (Å²) in [7, 11) is 1.60. The first kappa shape index (κ1) is 13.5. The van der Waals surface area contributed by atoms with E-state index in [2.05, 4.69) is 25.3 Å². The molecule has 0 unspecified atom stereocenters. The Morgan fingerprint density at radius 3 is 3.00 bits per heavy atom. The van der Waals surface area contributed by atoms with Gasteiger partial charge in [-0.1, -0.05) is 6.92 Å². The Hall–Kier alpha value is -1.89. The van der Waals surface area contributed by atoms with Crippen molar-refractivity contribution in [2.45, 2.75) is 13.3 Å². The standard InChI is InChI=1S/C11H15ClN6O/c1-3-4-18(5-7(19)13-2)10-8-9(15-6-14-8)16-11(12)17-10/h6H,3-5H2,1-2H3,(H,13,19)(H,14,15,16,17). The van der Waals surface area contributed by atoms with Crippen LogP contribution in [0.25, 0.3) is 11.2 Å². The van der Waals surface area contributed by atoms with Crippen LogP contribution in [-0.4, -0.2) is 46.0 Å². The van der Waals surface area contributed by atoms with Crippen molar-refractivity contribution in [3.63, 3.8) is 0 Å². The summed E-state index contributed by atoms with van der Waals surface area (Å²) in [5.74, 6) is 0.508. The molecule has 0 fully saturated rings. The minimum Gasteiger partial charge on any atom is -0.358 e. The molecule has 8 heteroatoms. The number of hydrogen-bond acceptors (Lipinski definition) is 5. The second kappa shape index (κ2) is 5.83. The summed E-state index contributed by atoms with van der Waals surface area (Å²) in [5, 5.41) is 2.72. The number of hydrogen-bond donors (Lipinski definition) is 2. The molecule has 0 saturated carbocycles. The Bertz CT molecular complexity index is 584. The number of nitrogens with zero attached hydrogens (tertiary/aromatic N) is 4. The molecule has 0 atom stereocenters. The van der Waals surface area contributed by atoms with Crippen molar-refractivity contribution in [2.75, 3.05) is 25.0 Å². The molecule has 2 heterocycles. The minimum atomic E-state index is -0.0872. The maximum atomic E-state index is 11.6. The van der Waals surface area contributed by atoms with Gasteiger partial charge in [0.15, 0.2) is 11.5 Å². The van der Waals surface area contributed by atoms with Crippen LogP contribution < -0.4 is 10.2 Å².